The zero-order chi connectivity index (χ0) is 10.5. The van der Waals surface area contributed by atoms with Crippen LogP contribution in [-0.4, -0.2) is 26.2 Å². The third kappa shape index (κ3) is 3.11. The van der Waals surface area contributed by atoms with Gasteiger partial charge in [-0.25, -0.2) is 0 Å². The number of rotatable bonds is 1. The highest BCUT2D eigenvalue weighted by Gasteiger charge is 2.07. The highest BCUT2D eigenvalue weighted by atomic mass is 35.5. The molecule has 1 aromatic rings. The van der Waals surface area contributed by atoms with Gasteiger partial charge < -0.3 is 10.2 Å². The quantitative estimate of drug-likeness (QED) is 0.789. The number of hydrogen-bond donors (Lipinski definition) is 1. The summed E-state index contributed by atoms with van der Waals surface area (Å²) in [6.45, 7) is 4.47. The molecule has 3 heteroatoms. The number of benzene rings is 1. The molecular formula is C12H17ClN2. The predicted octanol–water partition coefficient (Wildman–Crippen LogP) is 2.53. The Morgan fingerprint density at radius 1 is 1.00 bits per heavy atom. The molecule has 15 heavy (non-hydrogen) atoms. The Morgan fingerprint density at radius 2 is 1.80 bits per heavy atom. The van der Waals surface area contributed by atoms with Gasteiger partial charge in [0.05, 0.1) is 0 Å². The van der Waals surface area contributed by atoms with Crippen molar-refractivity contribution in [3.8, 4) is 0 Å². The van der Waals surface area contributed by atoms with Gasteiger partial charge in [-0.05, 0) is 43.7 Å². The second kappa shape index (κ2) is 5.38. The molecule has 0 amide bonds. The van der Waals surface area contributed by atoms with Crippen molar-refractivity contribution in [1.29, 1.82) is 0 Å². The smallest absolute Gasteiger partial charge is 0.0407 e. The van der Waals surface area contributed by atoms with Gasteiger partial charge in [-0.15, -0.1) is 0 Å². The molecule has 1 aliphatic heterocycles. The SMILES string of the molecule is Clc1ccc(N2CCCCNCC2)cc1. The average molecular weight is 225 g/mol. The van der Waals surface area contributed by atoms with E-state index < -0.39 is 0 Å². The number of hydrogen-bond acceptors (Lipinski definition) is 2. The summed E-state index contributed by atoms with van der Waals surface area (Å²) in [6, 6.07) is 8.13. The monoisotopic (exact) mass is 224 g/mol. The van der Waals surface area contributed by atoms with Gasteiger partial charge in [0.15, 0.2) is 0 Å². The van der Waals surface area contributed by atoms with E-state index in [9.17, 15) is 0 Å². The molecule has 0 atom stereocenters. The Balaban J connectivity index is 2.03. The summed E-state index contributed by atoms with van der Waals surface area (Å²) in [6.07, 6.45) is 2.53. The van der Waals surface area contributed by atoms with E-state index >= 15 is 0 Å². The molecule has 0 spiro atoms. The Labute approximate surface area is 96.2 Å². The molecule has 2 rings (SSSR count). The van der Waals surface area contributed by atoms with Crippen molar-refractivity contribution < 1.29 is 0 Å². The third-order valence-corrected chi connectivity index (χ3v) is 3.03. The van der Waals surface area contributed by atoms with E-state index in [-0.39, 0.29) is 0 Å². The summed E-state index contributed by atoms with van der Waals surface area (Å²) in [5.74, 6) is 0. The summed E-state index contributed by atoms with van der Waals surface area (Å²) in [4.78, 5) is 2.42. The van der Waals surface area contributed by atoms with Crippen LogP contribution in [0.4, 0.5) is 5.69 Å². The fraction of sp³-hybridized carbons (Fsp3) is 0.500. The van der Waals surface area contributed by atoms with E-state index in [4.69, 9.17) is 11.6 Å². The minimum absolute atomic E-state index is 0.809. The van der Waals surface area contributed by atoms with Gasteiger partial charge >= 0.3 is 0 Å². The number of nitrogens with one attached hydrogen (secondary N) is 1. The van der Waals surface area contributed by atoms with Crippen molar-refractivity contribution >= 4 is 17.3 Å². The van der Waals surface area contributed by atoms with Gasteiger partial charge in [-0.3, -0.25) is 0 Å². The molecule has 0 aromatic heterocycles. The average Bonchev–Trinajstić information content (AvgIpc) is 2.19. The molecule has 1 N–H and O–H groups in total. The molecule has 1 saturated heterocycles. The number of halogens is 1. The van der Waals surface area contributed by atoms with E-state index in [0.717, 1.165) is 31.2 Å². The second-order valence-electron chi connectivity index (χ2n) is 3.92. The van der Waals surface area contributed by atoms with Gasteiger partial charge in [0.2, 0.25) is 0 Å². The van der Waals surface area contributed by atoms with Crippen LogP contribution in [0.3, 0.4) is 0 Å². The molecule has 0 unspecified atom stereocenters. The molecule has 0 bridgehead atoms. The molecule has 0 aliphatic carbocycles. The number of nitrogens with zero attached hydrogens (tertiary/aromatic N) is 1. The molecule has 0 saturated carbocycles. The van der Waals surface area contributed by atoms with E-state index in [2.05, 4.69) is 22.3 Å². The van der Waals surface area contributed by atoms with Crippen LogP contribution in [0.15, 0.2) is 24.3 Å². The summed E-state index contributed by atoms with van der Waals surface area (Å²) in [5.41, 5.74) is 1.28. The van der Waals surface area contributed by atoms with Crippen molar-refractivity contribution in [2.45, 2.75) is 12.8 Å². The Kier molecular flexibility index (Phi) is 3.87. The van der Waals surface area contributed by atoms with Crippen LogP contribution >= 0.6 is 11.6 Å². The van der Waals surface area contributed by atoms with Gasteiger partial charge in [0, 0.05) is 30.3 Å². The maximum absolute atomic E-state index is 5.88. The van der Waals surface area contributed by atoms with E-state index in [1.807, 2.05) is 12.1 Å². The van der Waals surface area contributed by atoms with E-state index in [1.165, 1.54) is 18.5 Å². The first-order valence-corrected chi connectivity index (χ1v) is 5.95. The molecule has 1 fully saturated rings. The minimum Gasteiger partial charge on any atom is -0.370 e. The van der Waals surface area contributed by atoms with Gasteiger partial charge in [-0.2, -0.15) is 0 Å². The molecule has 1 heterocycles. The van der Waals surface area contributed by atoms with Crippen molar-refractivity contribution in [3.05, 3.63) is 29.3 Å². The molecule has 2 nitrogen and oxygen atoms in total. The van der Waals surface area contributed by atoms with Crippen LogP contribution < -0.4 is 10.2 Å². The maximum Gasteiger partial charge on any atom is 0.0407 e. The second-order valence-corrected chi connectivity index (χ2v) is 4.36. The highest BCUT2D eigenvalue weighted by Crippen LogP contribution is 2.18. The summed E-state index contributed by atoms with van der Waals surface area (Å²) in [5, 5.41) is 4.24. The zero-order valence-electron chi connectivity index (χ0n) is 8.88. The third-order valence-electron chi connectivity index (χ3n) is 2.78. The van der Waals surface area contributed by atoms with Gasteiger partial charge in [-0.1, -0.05) is 11.6 Å². The lowest BCUT2D eigenvalue weighted by Gasteiger charge is -2.27. The zero-order valence-corrected chi connectivity index (χ0v) is 9.63. The van der Waals surface area contributed by atoms with Crippen LogP contribution in [0.5, 0.6) is 0 Å². The van der Waals surface area contributed by atoms with Crippen LogP contribution in [0.25, 0.3) is 0 Å². The Bertz CT molecular complexity index is 289. The minimum atomic E-state index is 0.809. The standard InChI is InChI=1S/C12H17ClN2/c13-11-3-5-12(6-4-11)15-9-2-1-7-14-8-10-15/h3-6,14H,1-2,7-10H2. The highest BCUT2D eigenvalue weighted by molar-refractivity contribution is 6.30. The fourth-order valence-electron chi connectivity index (χ4n) is 1.91. The first kappa shape index (κ1) is 10.8. The van der Waals surface area contributed by atoms with E-state index in [0.29, 0.717) is 0 Å². The molecule has 1 aromatic carbocycles. The van der Waals surface area contributed by atoms with Crippen LogP contribution in [-0.2, 0) is 0 Å². The van der Waals surface area contributed by atoms with Crippen LogP contribution in [0.1, 0.15) is 12.8 Å². The van der Waals surface area contributed by atoms with Crippen molar-refractivity contribution in [2.24, 2.45) is 0 Å². The van der Waals surface area contributed by atoms with Crippen molar-refractivity contribution in [1.82, 2.24) is 5.32 Å². The topological polar surface area (TPSA) is 15.3 Å². The van der Waals surface area contributed by atoms with Crippen molar-refractivity contribution in [3.63, 3.8) is 0 Å². The Hall–Kier alpha value is -0.730. The predicted molar refractivity (Wildman–Crippen MR) is 65.8 cm³/mol. The lowest BCUT2D eigenvalue weighted by atomic mass is 10.2. The molecule has 82 valence electrons. The van der Waals surface area contributed by atoms with Crippen LogP contribution in [0, 0.1) is 0 Å². The first-order valence-electron chi connectivity index (χ1n) is 5.57. The molecule has 0 radical (unpaired) electrons. The summed E-state index contributed by atoms with van der Waals surface area (Å²) >= 11 is 5.88. The Morgan fingerprint density at radius 3 is 2.60 bits per heavy atom. The summed E-state index contributed by atoms with van der Waals surface area (Å²) in [7, 11) is 0. The van der Waals surface area contributed by atoms with E-state index in [1.54, 1.807) is 0 Å². The first-order chi connectivity index (χ1) is 7.36. The molecule has 1 aliphatic rings. The largest absolute Gasteiger partial charge is 0.370 e. The fourth-order valence-corrected chi connectivity index (χ4v) is 2.04. The normalized spacial score (nSPS) is 18.3. The summed E-state index contributed by atoms with van der Waals surface area (Å²) < 4.78 is 0. The maximum atomic E-state index is 5.88. The lowest BCUT2D eigenvalue weighted by molar-refractivity contribution is 0.567. The van der Waals surface area contributed by atoms with Gasteiger partial charge in [0.25, 0.3) is 0 Å². The van der Waals surface area contributed by atoms with Crippen LogP contribution in [0.2, 0.25) is 5.02 Å². The lowest BCUT2D eigenvalue weighted by Crippen LogP contribution is -2.36. The van der Waals surface area contributed by atoms with Gasteiger partial charge in [0.1, 0.15) is 0 Å². The molecular weight excluding hydrogens is 208 g/mol. The number of anilines is 1. The van der Waals surface area contributed by atoms with Crippen molar-refractivity contribution in [2.75, 3.05) is 31.1 Å².